The van der Waals surface area contributed by atoms with E-state index in [-0.39, 0.29) is 0 Å². The van der Waals surface area contributed by atoms with Gasteiger partial charge in [-0.15, -0.1) is 0 Å². The minimum atomic E-state index is -1.19. The summed E-state index contributed by atoms with van der Waals surface area (Å²) in [6, 6.07) is 2.64. The molecule has 16 heavy (non-hydrogen) atoms. The molecule has 0 saturated carbocycles. The Hall–Kier alpha value is -1.78. The van der Waals surface area contributed by atoms with E-state index < -0.39 is 29.5 Å². The summed E-state index contributed by atoms with van der Waals surface area (Å²) in [6.07, 6.45) is 0.678. The van der Waals surface area contributed by atoms with Crippen molar-refractivity contribution in [1.29, 1.82) is 0 Å². The molecule has 0 aliphatic rings. The number of ketones is 1. The van der Waals surface area contributed by atoms with Gasteiger partial charge in [0.15, 0.2) is 5.78 Å². The molecule has 0 spiro atoms. The lowest BCUT2D eigenvalue weighted by molar-refractivity contribution is -0.141. The molecule has 0 unspecified atom stereocenters. The Morgan fingerprint density at radius 3 is 2.62 bits per heavy atom. The van der Waals surface area contributed by atoms with Crippen LogP contribution in [0.5, 0.6) is 0 Å². The van der Waals surface area contributed by atoms with Crippen molar-refractivity contribution in [2.24, 2.45) is 0 Å². The molecule has 0 aliphatic carbocycles. The van der Waals surface area contributed by atoms with Gasteiger partial charge in [-0.25, -0.2) is 4.98 Å². The van der Waals surface area contributed by atoms with E-state index in [9.17, 15) is 14.0 Å². The topological polar surface area (TPSA) is 67.3 Å². The van der Waals surface area contributed by atoms with Gasteiger partial charge in [-0.1, -0.05) is 0 Å². The molecule has 1 N–H and O–H groups in total. The average molecular weight is 225 g/mol. The number of carbonyl (C=O) groups is 2. The van der Waals surface area contributed by atoms with Crippen molar-refractivity contribution in [2.75, 3.05) is 0 Å². The molecule has 1 aromatic rings. The van der Waals surface area contributed by atoms with E-state index in [0.717, 1.165) is 6.07 Å². The first-order chi connectivity index (χ1) is 7.34. The summed E-state index contributed by atoms with van der Waals surface area (Å²) in [6.45, 7) is 3.13. The lowest BCUT2D eigenvalue weighted by atomic mass is 9.80. The molecule has 5 heteroatoms. The third-order valence-corrected chi connectivity index (χ3v) is 2.46. The van der Waals surface area contributed by atoms with Gasteiger partial charge < -0.3 is 5.11 Å². The second-order valence-corrected chi connectivity index (χ2v) is 3.99. The van der Waals surface area contributed by atoms with Crippen LogP contribution in [0.2, 0.25) is 0 Å². The number of hydrogen-bond donors (Lipinski definition) is 1. The largest absolute Gasteiger partial charge is 0.481 e. The third kappa shape index (κ3) is 2.62. The minimum absolute atomic E-state index is 0.422. The molecule has 0 fully saturated rings. The molecule has 4 nitrogen and oxygen atoms in total. The Morgan fingerprint density at radius 2 is 2.12 bits per heavy atom. The van der Waals surface area contributed by atoms with Crippen LogP contribution in [-0.4, -0.2) is 21.8 Å². The lowest BCUT2D eigenvalue weighted by Crippen LogP contribution is -2.31. The first-order valence-corrected chi connectivity index (χ1v) is 4.71. The van der Waals surface area contributed by atoms with Crippen molar-refractivity contribution in [3.63, 3.8) is 0 Å². The van der Waals surface area contributed by atoms with Gasteiger partial charge in [0.25, 0.3) is 0 Å². The smallest absolute Gasteiger partial charge is 0.310 e. The predicted octanol–water partition coefficient (Wildman–Crippen LogP) is 1.54. The Morgan fingerprint density at radius 1 is 1.50 bits per heavy atom. The summed E-state index contributed by atoms with van der Waals surface area (Å²) in [7, 11) is 0. The van der Waals surface area contributed by atoms with Crippen LogP contribution in [0.3, 0.4) is 0 Å². The molecule has 0 saturated heterocycles. The number of aromatic nitrogens is 1. The number of Topliss-reactive ketones (excluding diaryl/α,β-unsaturated/α-hetero) is 1. The highest BCUT2D eigenvalue weighted by molar-refractivity contribution is 6.00. The van der Waals surface area contributed by atoms with Crippen LogP contribution in [0.15, 0.2) is 18.3 Å². The number of aliphatic carboxylic acids is 1. The minimum Gasteiger partial charge on any atom is -0.481 e. The van der Waals surface area contributed by atoms with Gasteiger partial charge in [0, 0.05) is 11.6 Å². The second kappa shape index (κ2) is 4.38. The van der Waals surface area contributed by atoms with Crippen LogP contribution in [0, 0.1) is 5.95 Å². The molecule has 1 heterocycles. The Labute approximate surface area is 92.1 Å². The number of hydrogen-bond acceptors (Lipinski definition) is 3. The molecule has 0 aromatic carbocycles. The van der Waals surface area contributed by atoms with Gasteiger partial charge in [-0.2, -0.15) is 4.39 Å². The quantitative estimate of drug-likeness (QED) is 0.623. The van der Waals surface area contributed by atoms with Crippen LogP contribution in [-0.2, 0) is 15.0 Å². The molecule has 0 atom stereocenters. The molecule has 0 aliphatic heterocycles. The zero-order chi connectivity index (χ0) is 12.3. The van der Waals surface area contributed by atoms with E-state index in [1.807, 2.05) is 0 Å². The van der Waals surface area contributed by atoms with E-state index in [4.69, 9.17) is 5.11 Å². The summed E-state index contributed by atoms with van der Waals surface area (Å²) in [5.74, 6) is -2.34. The fourth-order valence-corrected chi connectivity index (χ4v) is 1.31. The molecular formula is C11H12FNO3. The van der Waals surface area contributed by atoms with Crippen molar-refractivity contribution in [2.45, 2.75) is 25.7 Å². The van der Waals surface area contributed by atoms with E-state index in [0.29, 0.717) is 5.56 Å². The number of halogens is 1. The summed E-state index contributed by atoms with van der Waals surface area (Å²) in [5, 5.41) is 8.54. The van der Waals surface area contributed by atoms with Gasteiger partial charge >= 0.3 is 5.97 Å². The normalized spacial score (nSPS) is 11.2. The maximum atomic E-state index is 12.9. The summed E-state index contributed by atoms with van der Waals surface area (Å²) in [4.78, 5) is 25.5. The van der Waals surface area contributed by atoms with E-state index in [1.54, 1.807) is 13.8 Å². The van der Waals surface area contributed by atoms with Gasteiger partial charge in [0.05, 0.1) is 0 Å². The highest BCUT2D eigenvalue weighted by Crippen LogP contribution is 2.25. The monoisotopic (exact) mass is 225 g/mol. The number of pyridine rings is 1. The van der Waals surface area contributed by atoms with Gasteiger partial charge in [0.1, 0.15) is 6.42 Å². The third-order valence-electron chi connectivity index (χ3n) is 2.46. The number of carbonyl (C=O) groups excluding carboxylic acids is 1. The Balaban J connectivity index is 3.01. The van der Waals surface area contributed by atoms with Gasteiger partial charge in [-0.3, -0.25) is 9.59 Å². The Kier molecular flexibility index (Phi) is 3.37. The fraction of sp³-hybridized carbons (Fsp3) is 0.364. The SMILES string of the molecule is CC(C)(C(=O)CC(=O)O)c1ccnc(F)c1. The summed E-state index contributed by atoms with van der Waals surface area (Å²) in [5.41, 5.74) is -0.603. The van der Waals surface area contributed by atoms with Gasteiger partial charge in [-0.05, 0) is 31.5 Å². The van der Waals surface area contributed by atoms with Gasteiger partial charge in [0.2, 0.25) is 5.95 Å². The van der Waals surface area contributed by atoms with Crippen molar-refractivity contribution < 1.29 is 19.1 Å². The van der Waals surface area contributed by atoms with E-state index in [2.05, 4.69) is 4.98 Å². The highest BCUT2D eigenvalue weighted by atomic mass is 19.1. The van der Waals surface area contributed by atoms with Crippen molar-refractivity contribution >= 4 is 11.8 Å². The molecular weight excluding hydrogens is 213 g/mol. The predicted molar refractivity (Wildman–Crippen MR) is 54.5 cm³/mol. The first-order valence-electron chi connectivity index (χ1n) is 4.71. The number of nitrogens with zero attached hydrogens (tertiary/aromatic N) is 1. The van der Waals surface area contributed by atoms with Crippen molar-refractivity contribution in [3.05, 3.63) is 29.8 Å². The molecule has 1 rings (SSSR count). The summed E-state index contributed by atoms with van der Waals surface area (Å²) < 4.78 is 12.9. The van der Waals surface area contributed by atoms with Crippen LogP contribution < -0.4 is 0 Å². The molecule has 86 valence electrons. The van der Waals surface area contributed by atoms with Crippen LogP contribution in [0.1, 0.15) is 25.8 Å². The first kappa shape index (κ1) is 12.3. The standard InChI is InChI=1S/C11H12FNO3/c1-11(2,8(14)6-10(15)16)7-3-4-13-9(12)5-7/h3-5H,6H2,1-2H3,(H,15,16). The number of rotatable bonds is 4. The van der Waals surface area contributed by atoms with Crippen molar-refractivity contribution in [1.82, 2.24) is 4.98 Å². The lowest BCUT2D eigenvalue weighted by Gasteiger charge is -2.22. The highest BCUT2D eigenvalue weighted by Gasteiger charge is 2.31. The van der Waals surface area contributed by atoms with Crippen LogP contribution in [0.4, 0.5) is 4.39 Å². The summed E-state index contributed by atoms with van der Waals surface area (Å²) >= 11 is 0. The molecule has 1 aromatic heterocycles. The van der Waals surface area contributed by atoms with E-state index in [1.165, 1.54) is 12.3 Å². The fourth-order valence-electron chi connectivity index (χ4n) is 1.31. The molecule has 0 radical (unpaired) electrons. The van der Waals surface area contributed by atoms with Crippen LogP contribution >= 0.6 is 0 Å². The van der Waals surface area contributed by atoms with Crippen molar-refractivity contribution in [3.8, 4) is 0 Å². The molecule has 0 bridgehead atoms. The second-order valence-electron chi connectivity index (χ2n) is 3.99. The number of carboxylic acid groups (broad SMARTS) is 1. The zero-order valence-corrected chi connectivity index (χ0v) is 9.03. The maximum absolute atomic E-state index is 12.9. The number of carboxylic acids is 1. The van der Waals surface area contributed by atoms with E-state index >= 15 is 0 Å². The maximum Gasteiger partial charge on any atom is 0.310 e. The van der Waals surface area contributed by atoms with Crippen LogP contribution in [0.25, 0.3) is 0 Å². The zero-order valence-electron chi connectivity index (χ0n) is 9.03. The molecule has 0 amide bonds. The average Bonchev–Trinajstić information content (AvgIpc) is 2.16. The Bertz CT molecular complexity index is 429.